The third-order valence-corrected chi connectivity index (χ3v) is 7.17. The summed E-state index contributed by atoms with van der Waals surface area (Å²) in [5.74, 6) is 1.18. The molecule has 1 atom stereocenters. The van der Waals surface area contributed by atoms with Crippen LogP contribution in [0, 0.1) is 11.8 Å². The summed E-state index contributed by atoms with van der Waals surface area (Å²) in [6, 6.07) is 18.6. The molecule has 1 saturated heterocycles. The van der Waals surface area contributed by atoms with Gasteiger partial charge >= 0.3 is 0 Å². The first-order chi connectivity index (χ1) is 15.7. The van der Waals surface area contributed by atoms with Gasteiger partial charge in [0.1, 0.15) is 0 Å². The van der Waals surface area contributed by atoms with Crippen molar-refractivity contribution in [2.24, 2.45) is 11.8 Å². The first-order valence-electron chi connectivity index (χ1n) is 11.9. The van der Waals surface area contributed by atoms with Crippen LogP contribution in [-0.4, -0.2) is 23.9 Å². The Morgan fingerprint density at radius 1 is 0.969 bits per heavy atom. The minimum Gasteiger partial charge on any atom is -0.339 e. The maximum Gasteiger partial charge on any atom is 0.253 e. The van der Waals surface area contributed by atoms with Gasteiger partial charge in [-0.2, -0.15) is 0 Å². The summed E-state index contributed by atoms with van der Waals surface area (Å²) in [6.45, 7) is 5.48. The zero-order valence-corrected chi connectivity index (χ0v) is 18.7. The van der Waals surface area contributed by atoms with Crippen molar-refractivity contribution in [2.45, 2.75) is 32.1 Å². The summed E-state index contributed by atoms with van der Waals surface area (Å²) >= 11 is 0. The van der Waals surface area contributed by atoms with Crippen LogP contribution in [0.5, 0.6) is 0 Å². The maximum absolute atomic E-state index is 13.0. The van der Waals surface area contributed by atoms with Crippen LogP contribution in [0.2, 0.25) is 0 Å². The van der Waals surface area contributed by atoms with Crippen molar-refractivity contribution in [1.29, 1.82) is 0 Å². The van der Waals surface area contributed by atoms with Crippen LogP contribution < -0.4 is 0 Å². The minimum atomic E-state index is 0.145. The average molecular weight is 422 g/mol. The van der Waals surface area contributed by atoms with Gasteiger partial charge in [-0.1, -0.05) is 73.3 Å². The molecule has 1 fully saturated rings. The predicted molar refractivity (Wildman–Crippen MR) is 132 cm³/mol. The van der Waals surface area contributed by atoms with E-state index in [-0.39, 0.29) is 5.91 Å². The SMILES string of the molecule is C=Cc1cccc(C(=O)N2CCC(C3=CC(Cc4ccccc4)C4=CCCC=C43)CC2)c1. The highest BCUT2D eigenvalue weighted by molar-refractivity contribution is 5.94. The average Bonchev–Trinajstić information content (AvgIpc) is 3.23. The van der Waals surface area contributed by atoms with E-state index in [1.807, 2.05) is 29.2 Å². The van der Waals surface area contributed by atoms with E-state index in [0.717, 1.165) is 56.3 Å². The standard InChI is InChI=1S/C30H31NO/c1-2-22-11-8-12-25(19-22)30(32)31-17-15-24(16-18-31)29-21-26(20-23-9-4-3-5-10-23)27-13-6-7-14-28(27)29/h2-5,8-14,19,21,24,26H,1,6-7,15-18,20H2. The third kappa shape index (κ3) is 4.14. The molecule has 1 aliphatic heterocycles. The fourth-order valence-corrected chi connectivity index (χ4v) is 5.49. The van der Waals surface area contributed by atoms with Crippen molar-refractivity contribution in [1.82, 2.24) is 4.90 Å². The summed E-state index contributed by atoms with van der Waals surface area (Å²) in [7, 11) is 0. The smallest absolute Gasteiger partial charge is 0.253 e. The van der Waals surface area contributed by atoms with Gasteiger partial charge in [-0.05, 0) is 78.0 Å². The second-order valence-electron chi connectivity index (χ2n) is 9.17. The highest BCUT2D eigenvalue weighted by Gasteiger charge is 2.34. The zero-order valence-electron chi connectivity index (χ0n) is 18.7. The number of likely N-dealkylation sites (tertiary alicyclic amines) is 1. The Balaban J connectivity index is 1.29. The molecule has 1 amide bonds. The first kappa shape index (κ1) is 20.8. The molecule has 1 unspecified atom stereocenters. The molecule has 0 radical (unpaired) electrons. The second-order valence-corrected chi connectivity index (χ2v) is 9.17. The summed E-state index contributed by atoms with van der Waals surface area (Å²) in [4.78, 5) is 15.1. The molecule has 0 spiro atoms. The lowest BCUT2D eigenvalue weighted by atomic mass is 9.83. The van der Waals surface area contributed by atoms with Crippen molar-refractivity contribution < 1.29 is 4.79 Å². The van der Waals surface area contributed by atoms with Crippen LogP contribution in [0.25, 0.3) is 6.08 Å². The number of piperidine rings is 1. The van der Waals surface area contributed by atoms with Gasteiger partial charge in [0.05, 0.1) is 0 Å². The minimum absolute atomic E-state index is 0.145. The fraction of sp³-hybridized carbons (Fsp3) is 0.300. The van der Waals surface area contributed by atoms with Crippen LogP contribution in [0.1, 0.15) is 47.2 Å². The largest absolute Gasteiger partial charge is 0.339 e. The number of amides is 1. The monoisotopic (exact) mass is 421 g/mol. The van der Waals surface area contributed by atoms with Gasteiger partial charge in [0.25, 0.3) is 5.91 Å². The van der Waals surface area contributed by atoms with Gasteiger partial charge in [0.15, 0.2) is 0 Å². The van der Waals surface area contributed by atoms with Gasteiger partial charge in [0, 0.05) is 24.6 Å². The zero-order chi connectivity index (χ0) is 21.9. The molecule has 0 N–H and O–H groups in total. The lowest BCUT2D eigenvalue weighted by molar-refractivity contribution is 0.0703. The predicted octanol–water partition coefficient (Wildman–Crippen LogP) is 6.63. The number of hydrogen-bond donors (Lipinski definition) is 0. The van der Waals surface area contributed by atoms with E-state index in [2.05, 4.69) is 55.1 Å². The van der Waals surface area contributed by atoms with Gasteiger partial charge in [-0.3, -0.25) is 4.79 Å². The van der Waals surface area contributed by atoms with Crippen molar-refractivity contribution in [3.63, 3.8) is 0 Å². The molecule has 0 bridgehead atoms. The lowest BCUT2D eigenvalue weighted by Gasteiger charge is -2.33. The number of allylic oxidation sites excluding steroid dienone is 6. The molecule has 2 heteroatoms. The van der Waals surface area contributed by atoms with Crippen LogP contribution in [0.4, 0.5) is 0 Å². The number of benzene rings is 2. The summed E-state index contributed by atoms with van der Waals surface area (Å²) < 4.78 is 0. The van der Waals surface area contributed by atoms with Crippen LogP contribution in [0.3, 0.4) is 0 Å². The fourth-order valence-electron chi connectivity index (χ4n) is 5.49. The molecule has 2 aliphatic carbocycles. The Bertz CT molecular complexity index is 1100. The van der Waals surface area contributed by atoms with Gasteiger partial charge in [-0.15, -0.1) is 0 Å². The number of nitrogens with zero attached hydrogens (tertiary/aromatic N) is 1. The van der Waals surface area contributed by atoms with Crippen molar-refractivity contribution in [3.05, 3.63) is 113 Å². The lowest BCUT2D eigenvalue weighted by Crippen LogP contribution is -2.38. The Kier molecular flexibility index (Phi) is 5.94. The van der Waals surface area contributed by atoms with E-state index >= 15 is 0 Å². The van der Waals surface area contributed by atoms with E-state index < -0.39 is 0 Å². The highest BCUT2D eigenvalue weighted by Crippen LogP contribution is 2.45. The quantitative estimate of drug-likeness (QED) is 0.531. The molecule has 0 aromatic heterocycles. The maximum atomic E-state index is 13.0. The molecule has 5 rings (SSSR count). The topological polar surface area (TPSA) is 20.3 Å². The Morgan fingerprint density at radius 3 is 2.53 bits per heavy atom. The molecular formula is C30H31NO. The Morgan fingerprint density at radius 2 is 1.75 bits per heavy atom. The molecule has 3 aliphatic rings. The molecular weight excluding hydrogens is 390 g/mol. The molecule has 2 nitrogen and oxygen atoms in total. The number of carbonyl (C=O) groups is 1. The van der Waals surface area contributed by atoms with E-state index in [9.17, 15) is 4.79 Å². The van der Waals surface area contributed by atoms with Crippen LogP contribution in [-0.2, 0) is 6.42 Å². The molecule has 1 heterocycles. The van der Waals surface area contributed by atoms with Gasteiger partial charge < -0.3 is 4.90 Å². The molecule has 0 saturated carbocycles. The molecule has 162 valence electrons. The van der Waals surface area contributed by atoms with Gasteiger partial charge in [-0.25, -0.2) is 0 Å². The van der Waals surface area contributed by atoms with E-state index in [0.29, 0.717) is 11.8 Å². The molecule has 2 aromatic carbocycles. The highest BCUT2D eigenvalue weighted by atomic mass is 16.2. The summed E-state index contributed by atoms with van der Waals surface area (Å²) in [5, 5.41) is 0. The van der Waals surface area contributed by atoms with Crippen molar-refractivity contribution in [3.8, 4) is 0 Å². The van der Waals surface area contributed by atoms with Crippen LogP contribution >= 0.6 is 0 Å². The van der Waals surface area contributed by atoms with E-state index in [4.69, 9.17) is 0 Å². The van der Waals surface area contributed by atoms with Crippen molar-refractivity contribution >= 4 is 12.0 Å². The van der Waals surface area contributed by atoms with E-state index in [1.54, 1.807) is 6.08 Å². The number of carbonyl (C=O) groups excluding carboxylic acids is 1. The second kappa shape index (κ2) is 9.16. The molecule has 2 aromatic rings. The normalized spacial score (nSPS) is 20.8. The van der Waals surface area contributed by atoms with Crippen molar-refractivity contribution in [2.75, 3.05) is 13.1 Å². The number of fused-ring (bicyclic) bond motifs is 1. The van der Waals surface area contributed by atoms with Crippen LogP contribution in [0.15, 0.2) is 96.1 Å². The summed E-state index contributed by atoms with van der Waals surface area (Å²) in [6.07, 6.45) is 14.7. The van der Waals surface area contributed by atoms with Gasteiger partial charge in [0.2, 0.25) is 0 Å². The first-order valence-corrected chi connectivity index (χ1v) is 11.9. The third-order valence-electron chi connectivity index (χ3n) is 7.17. The number of rotatable bonds is 5. The van der Waals surface area contributed by atoms with E-state index in [1.165, 1.54) is 22.3 Å². The Hall–Kier alpha value is -3.13. The Labute approximate surface area is 191 Å². The molecule has 32 heavy (non-hydrogen) atoms. The number of hydrogen-bond acceptors (Lipinski definition) is 1. The summed E-state index contributed by atoms with van der Waals surface area (Å²) in [5.41, 5.74) is 7.75.